The fraction of sp³-hybridized carbons (Fsp3) is 0.625. The molecule has 0 amide bonds. The lowest BCUT2D eigenvalue weighted by Crippen LogP contribution is -2.39. The van der Waals surface area contributed by atoms with Crippen molar-refractivity contribution in [2.24, 2.45) is 5.92 Å². The molecule has 1 aliphatic heterocycles. The lowest BCUT2D eigenvalue weighted by atomic mass is 10.1. The Labute approximate surface area is 138 Å². The quantitative estimate of drug-likeness (QED) is 0.722. The maximum absolute atomic E-state index is 12.5. The molecule has 0 saturated carbocycles. The van der Waals surface area contributed by atoms with Gasteiger partial charge in [-0.25, -0.2) is 13.1 Å². The lowest BCUT2D eigenvalue weighted by Gasteiger charge is -2.17. The first-order valence-electron chi connectivity index (χ1n) is 7.92. The van der Waals surface area contributed by atoms with Crippen molar-refractivity contribution in [3.8, 4) is 5.75 Å². The molecule has 0 radical (unpaired) electrons. The predicted octanol–water partition coefficient (Wildman–Crippen LogP) is 1.33. The minimum Gasteiger partial charge on any atom is -0.491 e. The van der Waals surface area contributed by atoms with Crippen LogP contribution in [0.15, 0.2) is 29.2 Å². The molecule has 0 aliphatic carbocycles. The summed E-state index contributed by atoms with van der Waals surface area (Å²) in [5.41, 5.74) is 0. The summed E-state index contributed by atoms with van der Waals surface area (Å²) in [6.45, 7) is 7.73. The molecule has 0 bridgehead atoms. The minimum absolute atomic E-state index is 0.0439. The molecule has 130 valence electrons. The van der Waals surface area contributed by atoms with Gasteiger partial charge >= 0.3 is 0 Å². The van der Waals surface area contributed by atoms with Gasteiger partial charge in [0.15, 0.2) is 0 Å². The molecular weight excluding hydrogens is 316 g/mol. The number of likely N-dealkylation sites (N-methyl/N-ethyl adjacent to an activating group) is 1. The van der Waals surface area contributed by atoms with Crippen molar-refractivity contribution >= 4 is 10.0 Å². The van der Waals surface area contributed by atoms with Gasteiger partial charge in [-0.1, -0.05) is 13.8 Å². The number of nitrogens with zero attached hydrogens (tertiary/aromatic N) is 1. The van der Waals surface area contributed by atoms with Crippen LogP contribution in [-0.2, 0) is 14.8 Å². The number of methoxy groups -OCH3 is 1. The van der Waals surface area contributed by atoms with Crippen LogP contribution in [0, 0.1) is 5.92 Å². The van der Waals surface area contributed by atoms with Gasteiger partial charge in [-0.05, 0) is 36.7 Å². The zero-order valence-corrected chi connectivity index (χ0v) is 14.8. The van der Waals surface area contributed by atoms with E-state index in [0.29, 0.717) is 24.9 Å². The highest BCUT2D eigenvalue weighted by molar-refractivity contribution is 7.89. The van der Waals surface area contributed by atoms with E-state index in [2.05, 4.69) is 23.5 Å². The molecule has 1 fully saturated rings. The Kier molecular flexibility index (Phi) is 6.41. The third kappa shape index (κ3) is 4.91. The van der Waals surface area contributed by atoms with Gasteiger partial charge in [-0.15, -0.1) is 0 Å². The van der Waals surface area contributed by atoms with Crippen LogP contribution in [0.3, 0.4) is 0 Å². The smallest absolute Gasteiger partial charge is 0.240 e. The second-order valence-electron chi connectivity index (χ2n) is 5.87. The highest BCUT2D eigenvalue weighted by Gasteiger charge is 2.32. The third-order valence-electron chi connectivity index (χ3n) is 4.13. The zero-order chi connectivity index (χ0) is 16.9. The van der Waals surface area contributed by atoms with Gasteiger partial charge in [-0.2, -0.15) is 0 Å². The molecule has 1 aromatic rings. The Hall–Kier alpha value is -1.15. The Balaban J connectivity index is 1.99. The summed E-state index contributed by atoms with van der Waals surface area (Å²) >= 11 is 0. The van der Waals surface area contributed by atoms with Crippen LogP contribution >= 0.6 is 0 Å². The molecule has 2 atom stereocenters. The van der Waals surface area contributed by atoms with E-state index in [1.807, 2.05) is 0 Å². The van der Waals surface area contributed by atoms with Crippen molar-refractivity contribution in [1.82, 2.24) is 9.62 Å². The molecule has 1 saturated heterocycles. The van der Waals surface area contributed by atoms with Crippen molar-refractivity contribution in [2.75, 3.05) is 40.0 Å². The van der Waals surface area contributed by atoms with Crippen molar-refractivity contribution < 1.29 is 17.9 Å². The van der Waals surface area contributed by atoms with Gasteiger partial charge in [-0.3, -0.25) is 0 Å². The second kappa shape index (κ2) is 8.10. The van der Waals surface area contributed by atoms with Crippen molar-refractivity contribution in [1.29, 1.82) is 0 Å². The van der Waals surface area contributed by atoms with Crippen molar-refractivity contribution in [3.05, 3.63) is 24.3 Å². The highest BCUT2D eigenvalue weighted by atomic mass is 32.2. The first-order chi connectivity index (χ1) is 11.0. The summed E-state index contributed by atoms with van der Waals surface area (Å²) in [7, 11) is -1.90. The number of benzene rings is 1. The van der Waals surface area contributed by atoms with Crippen molar-refractivity contribution in [3.63, 3.8) is 0 Å². The molecule has 1 N–H and O–H groups in total. The van der Waals surface area contributed by atoms with E-state index in [1.165, 1.54) is 0 Å². The Morgan fingerprint density at radius 3 is 2.48 bits per heavy atom. The van der Waals surface area contributed by atoms with E-state index in [9.17, 15) is 8.42 Å². The van der Waals surface area contributed by atoms with Gasteiger partial charge < -0.3 is 14.4 Å². The average molecular weight is 342 g/mol. The van der Waals surface area contributed by atoms with Gasteiger partial charge in [0, 0.05) is 26.2 Å². The van der Waals surface area contributed by atoms with Crippen LogP contribution in [0.25, 0.3) is 0 Å². The molecule has 6 nitrogen and oxygen atoms in total. The minimum atomic E-state index is -3.51. The Morgan fingerprint density at radius 1 is 1.22 bits per heavy atom. The Morgan fingerprint density at radius 2 is 1.91 bits per heavy atom. The van der Waals surface area contributed by atoms with Crippen molar-refractivity contribution in [2.45, 2.75) is 24.8 Å². The summed E-state index contributed by atoms with van der Waals surface area (Å²) in [6.07, 6.45) is 0. The van der Waals surface area contributed by atoms with Crippen LogP contribution in [-0.4, -0.2) is 59.3 Å². The first-order valence-corrected chi connectivity index (χ1v) is 9.41. The molecular formula is C16H26N2O4S. The SMILES string of the molecule is CCN1C[C@H](NS(=O)(=O)c2ccc(OCCOC)cc2)[C@@H](C)C1. The normalized spacial score (nSPS) is 22.4. The summed E-state index contributed by atoms with van der Waals surface area (Å²) in [5.74, 6) is 0.939. The number of hydrogen-bond acceptors (Lipinski definition) is 5. The topological polar surface area (TPSA) is 67.9 Å². The average Bonchev–Trinajstić information content (AvgIpc) is 2.88. The Bertz CT molecular complexity index is 589. The van der Waals surface area contributed by atoms with Crippen LogP contribution in [0.4, 0.5) is 0 Å². The fourth-order valence-electron chi connectivity index (χ4n) is 2.70. The van der Waals surface area contributed by atoms with Crippen LogP contribution < -0.4 is 9.46 Å². The molecule has 2 rings (SSSR count). The summed E-state index contributed by atoms with van der Waals surface area (Å²) in [6, 6.07) is 6.43. The van der Waals surface area contributed by atoms with E-state index in [1.54, 1.807) is 31.4 Å². The molecule has 0 aromatic heterocycles. The monoisotopic (exact) mass is 342 g/mol. The molecule has 0 unspecified atom stereocenters. The lowest BCUT2D eigenvalue weighted by molar-refractivity contribution is 0.146. The maximum Gasteiger partial charge on any atom is 0.240 e. The molecule has 1 aromatic carbocycles. The number of hydrogen-bond donors (Lipinski definition) is 1. The molecule has 7 heteroatoms. The second-order valence-corrected chi connectivity index (χ2v) is 7.58. The predicted molar refractivity (Wildman–Crippen MR) is 89.2 cm³/mol. The first kappa shape index (κ1) is 18.2. The highest BCUT2D eigenvalue weighted by Crippen LogP contribution is 2.20. The molecule has 0 spiro atoms. The maximum atomic E-state index is 12.5. The van der Waals surface area contributed by atoms with Gasteiger partial charge in [0.2, 0.25) is 10.0 Å². The van der Waals surface area contributed by atoms with E-state index in [0.717, 1.165) is 19.6 Å². The number of ether oxygens (including phenoxy) is 2. The van der Waals surface area contributed by atoms with Crippen LogP contribution in [0.5, 0.6) is 5.75 Å². The van der Waals surface area contributed by atoms with E-state index in [4.69, 9.17) is 9.47 Å². The summed E-state index contributed by atoms with van der Waals surface area (Å²) in [5, 5.41) is 0. The molecule has 1 aliphatic rings. The van der Waals surface area contributed by atoms with Gasteiger partial charge in [0.1, 0.15) is 12.4 Å². The molecule has 1 heterocycles. The van der Waals surface area contributed by atoms with E-state index < -0.39 is 10.0 Å². The number of nitrogens with one attached hydrogen (secondary N) is 1. The third-order valence-corrected chi connectivity index (χ3v) is 5.64. The standard InChI is InChI=1S/C16H26N2O4S/c1-4-18-11-13(2)16(12-18)17-23(19,20)15-7-5-14(6-8-15)22-10-9-21-3/h5-8,13,16-17H,4,9-12H2,1-3H3/t13-,16-/m0/s1. The summed E-state index contributed by atoms with van der Waals surface area (Å²) < 4.78 is 38.2. The van der Waals surface area contributed by atoms with Gasteiger partial charge in [0.25, 0.3) is 0 Å². The fourth-order valence-corrected chi connectivity index (χ4v) is 4.04. The number of rotatable bonds is 8. The molecule has 23 heavy (non-hydrogen) atoms. The van der Waals surface area contributed by atoms with Crippen LogP contribution in [0.2, 0.25) is 0 Å². The van der Waals surface area contributed by atoms with Gasteiger partial charge in [0.05, 0.1) is 11.5 Å². The summed E-state index contributed by atoms with van der Waals surface area (Å²) in [4.78, 5) is 2.52. The number of sulfonamides is 1. The number of likely N-dealkylation sites (tertiary alicyclic amines) is 1. The van der Waals surface area contributed by atoms with E-state index in [-0.39, 0.29) is 10.9 Å². The van der Waals surface area contributed by atoms with Crippen LogP contribution in [0.1, 0.15) is 13.8 Å². The van der Waals surface area contributed by atoms with E-state index >= 15 is 0 Å². The largest absolute Gasteiger partial charge is 0.491 e. The zero-order valence-electron chi connectivity index (χ0n) is 14.0.